The van der Waals surface area contributed by atoms with Crippen LogP contribution in [0.4, 0.5) is 5.82 Å². The predicted molar refractivity (Wildman–Crippen MR) is 76.8 cm³/mol. The molecule has 0 saturated carbocycles. The quantitative estimate of drug-likeness (QED) is 0.874. The summed E-state index contributed by atoms with van der Waals surface area (Å²) in [6.07, 6.45) is 0. The molecule has 1 atom stereocenters. The average molecular weight is 295 g/mol. The van der Waals surface area contributed by atoms with Crippen LogP contribution < -0.4 is 10.2 Å². The van der Waals surface area contributed by atoms with Crippen LogP contribution in [0.15, 0.2) is 34.9 Å². The molecule has 2 aromatic rings. The third-order valence-electron chi connectivity index (χ3n) is 2.78. The van der Waals surface area contributed by atoms with Crippen LogP contribution in [0.3, 0.4) is 0 Å². The molecule has 1 aromatic heterocycles. The van der Waals surface area contributed by atoms with Crippen LogP contribution in [0.5, 0.6) is 0 Å². The van der Waals surface area contributed by atoms with E-state index in [9.17, 15) is 4.79 Å². The largest absolute Gasteiger partial charge is 0.360 e. The molecule has 0 radical (unpaired) electrons. The fourth-order valence-corrected chi connectivity index (χ4v) is 2.03. The standard InChI is InChI=1S/C14H16ClN3O2/c1-10-7-13(17-20-10)16-14(19)9-18(2)8-11-3-5-12(15)6-4-11/h3-7H,8-9H2,1-2H3,(H,16,17,19)/p+1. The number of hydrogen-bond donors (Lipinski definition) is 2. The lowest BCUT2D eigenvalue weighted by Crippen LogP contribution is -3.08. The van der Waals surface area contributed by atoms with E-state index in [2.05, 4.69) is 10.5 Å². The van der Waals surface area contributed by atoms with Crippen molar-refractivity contribution >= 4 is 23.3 Å². The molecule has 0 saturated heterocycles. The molecule has 20 heavy (non-hydrogen) atoms. The monoisotopic (exact) mass is 294 g/mol. The lowest BCUT2D eigenvalue weighted by Gasteiger charge is -2.13. The normalized spacial score (nSPS) is 12.2. The van der Waals surface area contributed by atoms with E-state index in [0.29, 0.717) is 23.1 Å². The zero-order valence-corrected chi connectivity index (χ0v) is 12.2. The first kappa shape index (κ1) is 14.6. The van der Waals surface area contributed by atoms with Crippen molar-refractivity contribution in [2.24, 2.45) is 0 Å². The van der Waals surface area contributed by atoms with Gasteiger partial charge in [0.05, 0.1) is 7.05 Å². The number of carbonyl (C=O) groups excluding carboxylic acids is 1. The summed E-state index contributed by atoms with van der Waals surface area (Å²) in [4.78, 5) is 12.9. The SMILES string of the molecule is Cc1cc(NC(=O)C[NH+](C)Cc2ccc(Cl)cc2)no1. The minimum atomic E-state index is -0.0928. The second-order valence-corrected chi connectivity index (χ2v) is 5.24. The summed E-state index contributed by atoms with van der Waals surface area (Å²) in [5, 5.41) is 7.14. The highest BCUT2D eigenvalue weighted by Gasteiger charge is 2.12. The first-order chi connectivity index (χ1) is 9.52. The highest BCUT2D eigenvalue weighted by Crippen LogP contribution is 2.08. The molecule has 0 aliphatic heterocycles. The van der Waals surface area contributed by atoms with Crippen LogP contribution in [0.25, 0.3) is 0 Å². The number of hydrogen-bond acceptors (Lipinski definition) is 3. The van der Waals surface area contributed by atoms with Gasteiger partial charge in [-0.05, 0) is 19.1 Å². The minimum absolute atomic E-state index is 0.0928. The maximum atomic E-state index is 11.8. The Kier molecular flexibility index (Phi) is 4.76. The predicted octanol–water partition coefficient (Wildman–Crippen LogP) is 1.29. The molecule has 2 N–H and O–H groups in total. The highest BCUT2D eigenvalue weighted by atomic mass is 35.5. The summed E-state index contributed by atoms with van der Waals surface area (Å²) in [6, 6.07) is 9.31. The van der Waals surface area contributed by atoms with Crippen molar-refractivity contribution in [3.05, 3.63) is 46.7 Å². The number of likely N-dealkylation sites (N-methyl/N-ethyl adjacent to an activating group) is 1. The molecule has 0 aliphatic carbocycles. The van der Waals surface area contributed by atoms with Crippen molar-refractivity contribution in [2.45, 2.75) is 13.5 Å². The fraction of sp³-hybridized carbons (Fsp3) is 0.286. The molecule has 0 spiro atoms. The van der Waals surface area contributed by atoms with Gasteiger partial charge in [0.15, 0.2) is 12.4 Å². The van der Waals surface area contributed by atoms with Crippen LogP contribution in [-0.2, 0) is 11.3 Å². The average Bonchev–Trinajstić information content (AvgIpc) is 2.77. The molecular formula is C14H17ClN3O2+. The van der Waals surface area contributed by atoms with E-state index in [-0.39, 0.29) is 5.91 Å². The molecule has 1 amide bonds. The Morgan fingerprint density at radius 1 is 1.40 bits per heavy atom. The lowest BCUT2D eigenvalue weighted by atomic mass is 10.2. The summed E-state index contributed by atoms with van der Waals surface area (Å²) >= 11 is 5.84. The number of aromatic nitrogens is 1. The molecule has 6 heteroatoms. The molecule has 0 bridgehead atoms. The van der Waals surface area contributed by atoms with Gasteiger partial charge in [-0.1, -0.05) is 28.9 Å². The van der Waals surface area contributed by atoms with Gasteiger partial charge in [0.25, 0.3) is 5.91 Å². The van der Waals surface area contributed by atoms with E-state index in [1.807, 2.05) is 31.3 Å². The number of rotatable bonds is 5. The Labute approximate surface area is 122 Å². The van der Waals surface area contributed by atoms with E-state index in [1.165, 1.54) is 0 Å². The second kappa shape index (κ2) is 6.54. The second-order valence-electron chi connectivity index (χ2n) is 4.81. The number of amides is 1. The van der Waals surface area contributed by atoms with Crippen LogP contribution in [0.1, 0.15) is 11.3 Å². The molecule has 1 heterocycles. The molecule has 0 aliphatic rings. The Hall–Kier alpha value is -1.85. The van der Waals surface area contributed by atoms with Gasteiger partial charge in [-0.2, -0.15) is 0 Å². The van der Waals surface area contributed by atoms with Gasteiger partial charge >= 0.3 is 0 Å². The van der Waals surface area contributed by atoms with E-state index in [1.54, 1.807) is 13.0 Å². The number of anilines is 1. The van der Waals surface area contributed by atoms with Crippen LogP contribution >= 0.6 is 11.6 Å². The number of nitrogens with zero attached hydrogens (tertiary/aromatic N) is 1. The molecule has 1 aromatic carbocycles. The number of halogens is 1. The number of aryl methyl sites for hydroxylation is 1. The van der Waals surface area contributed by atoms with E-state index in [4.69, 9.17) is 16.1 Å². The van der Waals surface area contributed by atoms with Crippen molar-refractivity contribution in [2.75, 3.05) is 18.9 Å². The number of benzene rings is 1. The molecule has 106 valence electrons. The van der Waals surface area contributed by atoms with Crippen molar-refractivity contribution in [1.82, 2.24) is 5.16 Å². The summed E-state index contributed by atoms with van der Waals surface area (Å²) in [5.41, 5.74) is 1.14. The van der Waals surface area contributed by atoms with E-state index >= 15 is 0 Å². The summed E-state index contributed by atoms with van der Waals surface area (Å²) in [6.45, 7) is 2.89. The number of nitrogens with one attached hydrogen (secondary N) is 2. The van der Waals surface area contributed by atoms with Gasteiger partial charge in [-0.3, -0.25) is 4.79 Å². The van der Waals surface area contributed by atoms with Gasteiger partial charge in [0.2, 0.25) is 0 Å². The number of quaternary nitrogens is 1. The molecular weight excluding hydrogens is 278 g/mol. The first-order valence-electron chi connectivity index (χ1n) is 6.32. The minimum Gasteiger partial charge on any atom is -0.360 e. The van der Waals surface area contributed by atoms with Gasteiger partial charge in [0, 0.05) is 16.7 Å². The van der Waals surface area contributed by atoms with Crippen molar-refractivity contribution in [1.29, 1.82) is 0 Å². The Morgan fingerprint density at radius 2 is 2.10 bits per heavy atom. The van der Waals surface area contributed by atoms with Crippen molar-refractivity contribution in [3.63, 3.8) is 0 Å². The zero-order valence-electron chi connectivity index (χ0n) is 11.4. The first-order valence-corrected chi connectivity index (χ1v) is 6.69. The van der Waals surface area contributed by atoms with Crippen molar-refractivity contribution < 1.29 is 14.2 Å². The summed E-state index contributed by atoms with van der Waals surface area (Å²) in [5.74, 6) is 1.03. The Bertz CT molecular complexity index is 580. The maximum absolute atomic E-state index is 11.8. The third-order valence-corrected chi connectivity index (χ3v) is 3.03. The number of carbonyl (C=O) groups is 1. The Morgan fingerprint density at radius 3 is 2.70 bits per heavy atom. The van der Waals surface area contributed by atoms with E-state index in [0.717, 1.165) is 17.0 Å². The van der Waals surface area contributed by atoms with Gasteiger partial charge in [-0.15, -0.1) is 0 Å². The summed E-state index contributed by atoms with van der Waals surface area (Å²) in [7, 11) is 1.96. The fourth-order valence-electron chi connectivity index (χ4n) is 1.90. The molecule has 5 nitrogen and oxygen atoms in total. The topological polar surface area (TPSA) is 59.6 Å². The third kappa shape index (κ3) is 4.36. The highest BCUT2D eigenvalue weighted by molar-refractivity contribution is 6.30. The van der Waals surface area contributed by atoms with E-state index < -0.39 is 0 Å². The maximum Gasteiger partial charge on any atom is 0.280 e. The molecule has 2 rings (SSSR count). The van der Waals surface area contributed by atoms with Gasteiger partial charge < -0.3 is 14.7 Å². The van der Waals surface area contributed by atoms with Crippen LogP contribution in [-0.4, -0.2) is 24.7 Å². The Balaban J connectivity index is 1.83. The van der Waals surface area contributed by atoms with Crippen LogP contribution in [0, 0.1) is 6.92 Å². The lowest BCUT2D eigenvalue weighted by molar-refractivity contribution is -0.885. The van der Waals surface area contributed by atoms with Crippen LogP contribution in [0.2, 0.25) is 5.02 Å². The van der Waals surface area contributed by atoms with Crippen molar-refractivity contribution in [3.8, 4) is 0 Å². The summed E-state index contributed by atoms with van der Waals surface area (Å²) < 4.78 is 4.89. The van der Waals surface area contributed by atoms with Gasteiger partial charge in [-0.25, -0.2) is 0 Å². The molecule has 0 fully saturated rings. The van der Waals surface area contributed by atoms with Gasteiger partial charge in [0.1, 0.15) is 12.3 Å². The molecule has 1 unspecified atom stereocenters. The zero-order chi connectivity index (χ0) is 14.5. The smallest absolute Gasteiger partial charge is 0.280 e.